The minimum absolute atomic E-state index is 0.123. The third-order valence-electron chi connectivity index (χ3n) is 5.48. The van der Waals surface area contributed by atoms with Crippen LogP contribution < -0.4 is 10.6 Å². The zero-order chi connectivity index (χ0) is 24.0. The van der Waals surface area contributed by atoms with Crippen LogP contribution in [-0.4, -0.2) is 11.8 Å². The fraction of sp³-hybridized carbons (Fsp3) is 0.0345. The van der Waals surface area contributed by atoms with Crippen molar-refractivity contribution in [1.29, 1.82) is 0 Å². The molecule has 2 N–H and O–H groups in total. The number of thioether (sulfide) groups is 1. The second-order valence-corrected chi connectivity index (χ2v) is 9.06. The number of amides is 2. The van der Waals surface area contributed by atoms with E-state index in [1.807, 2.05) is 91.0 Å². The molecule has 0 saturated heterocycles. The van der Waals surface area contributed by atoms with Crippen molar-refractivity contribution in [2.75, 3.05) is 10.6 Å². The highest BCUT2D eigenvalue weighted by molar-refractivity contribution is 8.00. The fourth-order valence-electron chi connectivity index (χ4n) is 3.82. The van der Waals surface area contributed by atoms with E-state index < -0.39 is 5.25 Å². The molecule has 0 saturated carbocycles. The first-order chi connectivity index (χ1) is 17.2. The lowest BCUT2D eigenvalue weighted by molar-refractivity contribution is -0.115. The number of rotatable bonds is 7. The van der Waals surface area contributed by atoms with Crippen LogP contribution in [0.4, 0.5) is 11.4 Å². The van der Waals surface area contributed by atoms with Crippen molar-refractivity contribution in [2.24, 2.45) is 0 Å². The van der Waals surface area contributed by atoms with E-state index in [-0.39, 0.29) is 17.6 Å². The van der Waals surface area contributed by atoms with Gasteiger partial charge in [-0.05, 0) is 47.3 Å². The van der Waals surface area contributed by atoms with Gasteiger partial charge in [-0.25, -0.2) is 0 Å². The minimum atomic E-state index is -0.494. The van der Waals surface area contributed by atoms with Gasteiger partial charge in [-0.15, -0.1) is 11.8 Å². The molecule has 0 radical (unpaired) electrons. The van der Waals surface area contributed by atoms with Crippen molar-refractivity contribution >= 4 is 45.7 Å². The summed E-state index contributed by atoms with van der Waals surface area (Å²) in [5, 5.41) is 7.53. The van der Waals surface area contributed by atoms with Crippen LogP contribution in [-0.2, 0) is 4.79 Å². The molecule has 2 amide bonds. The third kappa shape index (κ3) is 5.28. The Bertz CT molecular complexity index is 1460. The molecular weight excluding hydrogens is 456 g/mol. The summed E-state index contributed by atoms with van der Waals surface area (Å²) >= 11 is 1.43. The lowest BCUT2D eigenvalue weighted by atomic mass is 10.1. The molecule has 5 aromatic rings. The predicted octanol–water partition coefficient (Wildman–Crippen LogP) is 7.16. The van der Waals surface area contributed by atoms with Gasteiger partial charge in [0.15, 0.2) is 5.76 Å². The Labute approximate surface area is 207 Å². The normalized spacial score (nSPS) is 11.7. The monoisotopic (exact) mass is 478 g/mol. The van der Waals surface area contributed by atoms with E-state index in [0.29, 0.717) is 5.69 Å². The molecule has 6 heteroatoms. The van der Waals surface area contributed by atoms with Crippen molar-refractivity contribution < 1.29 is 14.0 Å². The van der Waals surface area contributed by atoms with Crippen molar-refractivity contribution in [1.82, 2.24) is 0 Å². The van der Waals surface area contributed by atoms with Gasteiger partial charge < -0.3 is 15.1 Å². The maximum Gasteiger partial charge on any atom is 0.291 e. The van der Waals surface area contributed by atoms with E-state index in [0.717, 1.165) is 26.9 Å². The third-order valence-corrected chi connectivity index (χ3v) is 6.73. The maximum atomic E-state index is 13.6. The number of hydrogen-bond donors (Lipinski definition) is 2. The van der Waals surface area contributed by atoms with Crippen molar-refractivity contribution in [2.45, 2.75) is 10.1 Å². The summed E-state index contributed by atoms with van der Waals surface area (Å²) in [5.41, 5.74) is 2.28. The second kappa shape index (κ2) is 10.3. The zero-order valence-electron chi connectivity index (χ0n) is 18.7. The molecule has 1 heterocycles. The highest BCUT2D eigenvalue weighted by atomic mass is 32.2. The summed E-state index contributed by atoms with van der Waals surface area (Å²) in [6.45, 7) is 0. The number of carbonyl (C=O) groups excluding carboxylic acids is 2. The molecule has 4 aromatic carbocycles. The minimum Gasteiger partial charge on any atom is -0.459 e. The van der Waals surface area contributed by atoms with E-state index in [1.165, 1.54) is 18.0 Å². The molecule has 0 fully saturated rings. The first-order valence-electron chi connectivity index (χ1n) is 11.1. The molecular formula is C29H22N2O3S. The van der Waals surface area contributed by atoms with E-state index in [9.17, 15) is 9.59 Å². The van der Waals surface area contributed by atoms with Crippen LogP contribution in [0.3, 0.4) is 0 Å². The van der Waals surface area contributed by atoms with E-state index in [1.54, 1.807) is 18.2 Å². The first kappa shape index (κ1) is 22.5. The van der Waals surface area contributed by atoms with Gasteiger partial charge in [0.25, 0.3) is 5.91 Å². The van der Waals surface area contributed by atoms with Crippen molar-refractivity contribution in [3.63, 3.8) is 0 Å². The highest BCUT2D eigenvalue weighted by Gasteiger charge is 2.23. The van der Waals surface area contributed by atoms with Gasteiger partial charge >= 0.3 is 0 Å². The number of carbonyl (C=O) groups is 2. The van der Waals surface area contributed by atoms with Crippen LogP contribution in [0.15, 0.2) is 125 Å². The Morgan fingerprint density at radius 1 is 0.743 bits per heavy atom. The van der Waals surface area contributed by atoms with Crippen LogP contribution in [0.25, 0.3) is 10.8 Å². The maximum absolute atomic E-state index is 13.6. The summed E-state index contributed by atoms with van der Waals surface area (Å²) < 4.78 is 5.17. The van der Waals surface area contributed by atoms with Crippen LogP contribution in [0.1, 0.15) is 21.4 Å². The molecule has 0 aliphatic rings. The smallest absolute Gasteiger partial charge is 0.291 e. The Hall–Kier alpha value is -4.29. The molecule has 5 nitrogen and oxygen atoms in total. The summed E-state index contributed by atoms with van der Waals surface area (Å²) in [6.07, 6.45) is 1.46. The van der Waals surface area contributed by atoms with Gasteiger partial charge in [-0.2, -0.15) is 0 Å². The molecule has 0 aliphatic heterocycles. The van der Waals surface area contributed by atoms with E-state index in [2.05, 4.69) is 10.6 Å². The highest BCUT2D eigenvalue weighted by Crippen LogP contribution is 2.37. The summed E-state index contributed by atoms with van der Waals surface area (Å²) in [4.78, 5) is 26.8. The second-order valence-electron chi connectivity index (χ2n) is 7.88. The molecule has 0 aliphatic carbocycles. The van der Waals surface area contributed by atoms with E-state index in [4.69, 9.17) is 4.42 Å². The molecule has 1 atom stereocenters. The van der Waals surface area contributed by atoms with Crippen molar-refractivity contribution in [3.8, 4) is 0 Å². The fourth-order valence-corrected chi connectivity index (χ4v) is 4.90. The summed E-state index contributed by atoms with van der Waals surface area (Å²) in [7, 11) is 0. The molecule has 35 heavy (non-hydrogen) atoms. The van der Waals surface area contributed by atoms with Crippen LogP contribution in [0.5, 0.6) is 0 Å². The van der Waals surface area contributed by atoms with Gasteiger partial charge in [0.2, 0.25) is 5.91 Å². The molecule has 0 bridgehead atoms. The Balaban J connectivity index is 1.40. The number of benzene rings is 4. The number of furan rings is 1. The molecule has 0 spiro atoms. The zero-order valence-corrected chi connectivity index (χ0v) is 19.5. The van der Waals surface area contributed by atoms with Crippen LogP contribution in [0.2, 0.25) is 0 Å². The number of anilines is 2. The average Bonchev–Trinajstić information content (AvgIpc) is 3.44. The van der Waals surface area contributed by atoms with Gasteiger partial charge in [0.05, 0.1) is 6.26 Å². The lowest BCUT2D eigenvalue weighted by Crippen LogP contribution is -2.19. The van der Waals surface area contributed by atoms with Gasteiger partial charge in [0.1, 0.15) is 5.25 Å². The Kier molecular flexibility index (Phi) is 6.63. The molecule has 1 unspecified atom stereocenters. The standard InChI is InChI=1S/C29H22N2O3S/c32-28(26-17-8-18-34-26)30-22-13-7-14-23(19-22)35-27(21-10-2-1-3-11-21)29(33)31-25-16-6-12-20-9-4-5-15-24(20)25/h1-19,27H,(H,30,32)(H,31,33). The Morgan fingerprint density at radius 3 is 2.34 bits per heavy atom. The first-order valence-corrected chi connectivity index (χ1v) is 12.0. The molecule has 5 rings (SSSR count). The molecule has 1 aromatic heterocycles. The number of fused-ring (bicyclic) bond motifs is 1. The number of hydrogen-bond acceptors (Lipinski definition) is 4. The predicted molar refractivity (Wildman–Crippen MR) is 141 cm³/mol. The summed E-state index contributed by atoms with van der Waals surface area (Å²) in [6, 6.07) is 34.2. The van der Waals surface area contributed by atoms with Gasteiger partial charge in [-0.3, -0.25) is 9.59 Å². The summed E-state index contributed by atoms with van der Waals surface area (Å²) in [5.74, 6) is -0.215. The lowest BCUT2D eigenvalue weighted by Gasteiger charge is -2.18. The van der Waals surface area contributed by atoms with Crippen LogP contribution >= 0.6 is 11.8 Å². The SMILES string of the molecule is O=C(Nc1cccc(SC(C(=O)Nc2cccc3ccccc23)c2ccccc2)c1)c1ccco1. The number of nitrogens with one attached hydrogen (secondary N) is 2. The quantitative estimate of drug-likeness (QED) is 0.244. The Morgan fingerprint density at radius 2 is 1.51 bits per heavy atom. The average molecular weight is 479 g/mol. The topological polar surface area (TPSA) is 71.3 Å². The molecule has 172 valence electrons. The van der Waals surface area contributed by atoms with Crippen molar-refractivity contribution in [3.05, 3.63) is 127 Å². The van der Waals surface area contributed by atoms with Crippen LogP contribution in [0, 0.1) is 0 Å². The largest absolute Gasteiger partial charge is 0.459 e. The van der Waals surface area contributed by atoms with E-state index >= 15 is 0 Å². The van der Waals surface area contributed by atoms with Gasteiger partial charge in [0, 0.05) is 21.7 Å². The van der Waals surface area contributed by atoms with Gasteiger partial charge in [-0.1, -0.05) is 72.8 Å².